The maximum Gasteiger partial charge on any atom is 1.00 e. The molecule has 8 heterocycles. The van der Waals surface area contributed by atoms with E-state index in [2.05, 4.69) is 39.2 Å². The molecular weight excluding hydrogens is 609 g/mol. The van der Waals surface area contributed by atoms with Gasteiger partial charge in [0.05, 0.1) is 24.7 Å². The van der Waals surface area contributed by atoms with Gasteiger partial charge in [-0.1, -0.05) is 0 Å². The third-order valence-electron chi connectivity index (χ3n) is 9.79. The van der Waals surface area contributed by atoms with Crippen molar-refractivity contribution in [3.8, 4) is 0 Å². The normalized spacial score (nSPS) is 37.6. The Bertz CT molecular complexity index is 718. The molecule has 0 spiro atoms. The van der Waals surface area contributed by atoms with E-state index in [9.17, 15) is 25.2 Å². The Morgan fingerprint density at radius 1 is 0.300 bits per heavy atom. The summed E-state index contributed by atoms with van der Waals surface area (Å²) in [5.74, 6) is 0. The summed E-state index contributed by atoms with van der Waals surface area (Å²) in [5, 5.41) is 0. The van der Waals surface area contributed by atoms with Gasteiger partial charge in [0, 0.05) is 105 Å². The third-order valence-corrected chi connectivity index (χ3v) is 9.79. The number of piperazine rings is 4. The standard InChI is InChI=1S/2C12H22N4.Cu.F6P/c2*1-3-13-7-9-15-5-2-6-16-10-8-14(4-1)11(13)12(15)16;;1-7(2,3,4,5)6/h2*11-12H,1-10H2;;/q;;+1;-1. The van der Waals surface area contributed by atoms with Crippen molar-refractivity contribution in [2.75, 3.05) is 105 Å². The number of halogens is 6. The van der Waals surface area contributed by atoms with Crippen LogP contribution in [-0.2, 0) is 17.1 Å². The molecule has 0 aromatic carbocycles. The minimum atomic E-state index is -10.7. The fourth-order valence-corrected chi connectivity index (χ4v) is 8.38. The van der Waals surface area contributed by atoms with Crippen molar-refractivity contribution in [3.05, 3.63) is 0 Å². The molecule has 8 saturated heterocycles. The average Bonchev–Trinajstić information content (AvgIpc) is 2.89. The summed E-state index contributed by atoms with van der Waals surface area (Å²) in [6.07, 6.45) is 8.39. The zero-order valence-electron chi connectivity index (χ0n) is 23.0. The molecule has 8 aliphatic rings. The van der Waals surface area contributed by atoms with E-state index in [1.807, 2.05) is 0 Å². The van der Waals surface area contributed by atoms with Crippen molar-refractivity contribution in [1.82, 2.24) is 39.2 Å². The Labute approximate surface area is 244 Å². The fraction of sp³-hybridized carbons (Fsp3) is 1.00. The topological polar surface area (TPSA) is 25.9 Å². The second-order valence-corrected chi connectivity index (χ2v) is 14.2. The molecule has 8 aliphatic heterocycles. The van der Waals surface area contributed by atoms with Gasteiger partial charge in [-0.15, -0.1) is 0 Å². The minimum absolute atomic E-state index is 0. The molecule has 0 unspecified atom stereocenters. The average molecular weight is 653 g/mol. The predicted molar refractivity (Wildman–Crippen MR) is 140 cm³/mol. The van der Waals surface area contributed by atoms with Crippen LogP contribution in [0.1, 0.15) is 25.7 Å². The van der Waals surface area contributed by atoms with Crippen LogP contribution in [0.3, 0.4) is 0 Å². The first kappa shape index (κ1) is 31.6. The van der Waals surface area contributed by atoms with Gasteiger partial charge >= 0.3 is 50.1 Å². The molecule has 16 heteroatoms. The van der Waals surface area contributed by atoms with E-state index in [4.69, 9.17) is 0 Å². The molecule has 0 atom stereocenters. The van der Waals surface area contributed by atoms with Crippen molar-refractivity contribution >= 4 is 7.81 Å². The molecule has 8 rings (SSSR count). The monoisotopic (exact) mass is 652 g/mol. The van der Waals surface area contributed by atoms with Crippen molar-refractivity contribution in [2.24, 2.45) is 0 Å². The zero-order valence-corrected chi connectivity index (χ0v) is 24.9. The minimum Gasteiger partial charge on any atom is 1.00 e. The summed E-state index contributed by atoms with van der Waals surface area (Å²) in [4.78, 5) is 21.9. The van der Waals surface area contributed by atoms with E-state index in [0.717, 1.165) is 24.7 Å². The molecule has 8 fully saturated rings. The smallest absolute Gasteiger partial charge is 1.00 e. The number of hydrogen-bond donors (Lipinski definition) is 0. The Morgan fingerprint density at radius 3 is 0.550 bits per heavy atom. The summed E-state index contributed by atoms with van der Waals surface area (Å²) >= 11 is 0. The molecule has 0 amide bonds. The number of rotatable bonds is 0. The van der Waals surface area contributed by atoms with Gasteiger partial charge in [-0.3, -0.25) is 39.2 Å². The molecular formula is C24H44CuF6N8P. The van der Waals surface area contributed by atoms with Crippen LogP contribution in [-0.4, -0.2) is 169 Å². The SMILES string of the molecule is C1CN2CCN3CCCN4CCN(C1)C2C34.C1CN2CCN3CCCN4CCN(C1)C2C34.F[P-](F)(F)(F)(F)F.[Cu+]. The summed E-state index contributed by atoms with van der Waals surface area (Å²) in [6, 6.07) is 0. The molecule has 0 radical (unpaired) electrons. The van der Waals surface area contributed by atoms with Crippen LogP contribution in [0, 0.1) is 0 Å². The maximum atomic E-state index is 9.87. The van der Waals surface area contributed by atoms with E-state index in [-0.39, 0.29) is 17.1 Å². The molecule has 0 saturated carbocycles. The van der Waals surface area contributed by atoms with Crippen molar-refractivity contribution < 1.29 is 42.3 Å². The van der Waals surface area contributed by atoms with Gasteiger partial charge in [-0.25, -0.2) is 0 Å². The van der Waals surface area contributed by atoms with Gasteiger partial charge in [0.25, 0.3) is 0 Å². The zero-order chi connectivity index (χ0) is 27.5. The molecule has 8 nitrogen and oxygen atoms in total. The van der Waals surface area contributed by atoms with Gasteiger partial charge in [0.1, 0.15) is 0 Å². The van der Waals surface area contributed by atoms with Gasteiger partial charge in [0.15, 0.2) is 0 Å². The Balaban J connectivity index is 0.000000129. The van der Waals surface area contributed by atoms with Crippen molar-refractivity contribution in [2.45, 2.75) is 50.3 Å². The Hall–Kier alpha value is 0.209. The van der Waals surface area contributed by atoms with Crippen LogP contribution < -0.4 is 0 Å². The van der Waals surface area contributed by atoms with E-state index in [1.54, 1.807) is 0 Å². The van der Waals surface area contributed by atoms with Gasteiger partial charge in [-0.05, 0) is 25.7 Å². The van der Waals surface area contributed by atoms with E-state index in [0.29, 0.717) is 0 Å². The van der Waals surface area contributed by atoms with Crippen LogP contribution in [0.25, 0.3) is 0 Å². The summed E-state index contributed by atoms with van der Waals surface area (Å²) in [6.45, 7) is 21.0. The molecule has 0 bridgehead atoms. The molecule has 0 aromatic rings. The van der Waals surface area contributed by atoms with Gasteiger partial charge in [-0.2, -0.15) is 0 Å². The van der Waals surface area contributed by atoms with Crippen LogP contribution in [0.4, 0.5) is 25.2 Å². The van der Waals surface area contributed by atoms with Crippen LogP contribution in [0.15, 0.2) is 0 Å². The quantitative estimate of drug-likeness (QED) is 0.224. The van der Waals surface area contributed by atoms with Crippen molar-refractivity contribution in [3.63, 3.8) is 0 Å². The second kappa shape index (κ2) is 11.3. The predicted octanol–water partition coefficient (Wildman–Crippen LogP) is 2.74. The second-order valence-electron chi connectivity index (χ2n) is 12.3. The van der Waals surface area contributed by atoms with Gasteiger partial charge in [0.2, 0.25) is 0 Å². The molecule has 0 N–H and O–H groups in total. The largest absolute Gasteiger partial charge is 1.00 e. The Kier molecular flexibility index (Phi) is 8.93. The first-order chi connectivity index (χ1) is 18.3. The van der Waals surface area contributed by atoms with E-state index < -0.39 is 7.81 Å². The first-order valence-electron chi connectivity index (χ1n) is 14.8. The molecule has 0 aliphatic carbocycles. The van der Waals surface area contributed by atoms with E-state index in [1.165, 1.54) is 130 Å². The maximum absolute atomic E-state index is 10.7. The van der Waals surface area contributed by atoms with Gasteiger partial charge < -0.3 is 0 Å². The third kappa shape index (κ3) is 7.46. The molecule has 40 heavy (non-hydrogen) atoms. The number of hydrogen-bond acceptors (Lipinski definition) is 8. The summed E-state index contributed by atoms with van der Waals surface area (Å²) in [5.41, 5.74) is 0. The molecule has 238 valence electrons. The fourth-order valence-electron chi connectivity index (χ4n) is 8.38. The first-order valence-corrected chi connectivity index (χ1v) is 16.8. The molecule has 0 aromatic heterocycles. The number of nitrogens with zero attached hydrogens (tertiary/aromatic N) is 8. The van der Waals surface area contributed by atoms with Crippen LogP contribution >= 0.6 is 7.81 Å². The van der Waals surface area contributed by atoms with Crippen LogP contribution in [0.2, 0.25) is 0 Å². The summed E-state index contributed by atoms with van der Waals surface area (Å²) < 4.78 is 59.2. The van der Waals surface area contributed by atoms with Crippen molar-refractivity contribution in [1.29, 1.82) is 0 Å². The summed E-state index contributed by atoms with van der Waals surface area (Å²) in [7, 11) is -10.7. The van der Waals surface area contributed by atoms with Crippen LogP contribution in [0.5, 0.6) is 0 Å². The van der Waals surface area contributed by atoms with E-state index >= 15 is 0 Å². The Morgan fingerprint density at radius 2 is 0.425 bits per heavy atom.